The standard InChI is InChI=1S/C28H34F2O8/c1-26(29,30)23(33)38-20(12-36-24(34)27-6-14-2-16(8-27)21(31)17(3-14)9-27)13-37-25(35)28-7-15-4-18(10-28)22(32)19(5-15)11-28/h14-20H,2-13H2,1H3. The third-order valence-electron chi connectivity index (χ3n) is 10.3. The first kappa shape index (κ1) is 25.9. The Morgan fingerprint density at radius 3 is 1.47 bits per heavy atom. The molecular formula is C28H34F2O8. The summed E-state index contributed by atoms with van der Waals surface area (Å²) >= 11 is 0. The minimum atomic E-state index is -3.77. The van der Waals surface area contributed by atoms with Gasteiger partial charge in [0.05, 0.1) is 10.8 Å². The lowest BCUT2D eigenvalue weighted by Gasteiger charge is -2.54. The van der Waals surface area contributed by atoms with Crippen LogP contribution in [0.25, 0.3) is 0 Å². The Morgan fingerprint density at radius 1 is 0.763 bits per heavy atom. The SMILES string of the molecule is CC(F)(F)C(=O)OC(COC(=O)C12CC3CC(C1)C(=O)C(C3)C2)COC(=O)C12CC3CC(C1)C(=O)C(C3)C2. The van der Waals surface area contributed by atoms with E-state index in [1.807, 2.05) is 0 Å². The third kappa shape index (κ3) is 4.26. The highest BCUT2D eigenvalue weighted by Gasteiger charge is 2.60. The molecule has 0 saturated heterocycles. The van der Waals surface area contributed by atoms with E-state index in [2.05, 4.69) is 0 Å². The van der Waals surface area contributed by atoms with Gasteiger partial charge in [-0.3, -0.25) is 19.2 Å². The van der Waals surface area contributed by atoms with Crippen molar-refractivity contribution in [1.29, 1.82) is 0 Å². The van der Waals surface area contributed by atoms with Crippen LogP contribution in [0.15, 0.2) is 0 Å². The van der Waals surface area contributed by atoms with Crippen LogP contribution >= 0.6 is 0 Å². The molecule has 0 aromatic heterocycles. The zero-order valence-corrected chi connectivity index (χ0v) is 21.5. The van der Waals surface area contributed by atoms with Crippen molar-refractivity contribution < 1.29 is 47.0 Å². The highest BCUT2D eigenvalue weighted by molar-refractivity contribution is 5.90. The summed E-state index contributed by atoms with van der Waals surface area (Å²) < 4.78 is 43.2. The summed E-state index contributed by atoms with van der Waals surface area (Å²) in [6.07, 6.45) is 4.74. The van der Waals surface area contributed by atoms with Crippen molar-refractivity contribution in [3.8, 4) is 0 Å². The van der Waals surface area contributed by atoms with Gasteiger partial charge in [-0.05, 0) is 76.0 Å². The molecule has 8 saturated carbocycles. The van der Waals surface area contributed by atoms with E-state index in [1.54, 1.807) is 0 Å². The van der Waals surface area contributed by atoms with Crippen molar-refractivity contribution in [2.75, 3.05) is 13.2 Å². The topological polar surface area (TPSA) is 113 Å². The molecule has 0 heterocycles. The van der Waals surface area contributed by atoms with Gasteiger partial charge in [-0.15, -0.1) is 0 Å². The first-order chi connectivity index (χ1) is 17.9. The maximum Gasteiger partial charge on any atom is 0.377 e. The van der Waals surface area contributed by atoms with Crippen LogP contribution in [0.2, 0.25) is 0 Å². The molecule has 0 N–H and O–H groups in total. The van der Waals surface area contributed by atoms with Gasteiger partial charge in [0.15, 0.2) is 6.10 Å². The number of hydrogen-bond acceptors (Lipinski definition) is 8. The summed E-state index contributed by atoms with van der Waals surface area (Å²) in [6, 6.07) is 0. The predicted molar refractivity (Wildman–Crippen MR) is 124 cm³/mol. The summed E-state index contributed by atoms with van der Waals surface area (Å²) in [5, 5.41) is 0. The lowest BCUT2D eigenvalue weighted by molar-refractivity contribution is -0.193. The normalized spacial score (nSPS) is 41.2. The summed E-state index contributed by atoms with van der Waals surface area (Å²) in [5.41, 5.74) is -1.56. The molecule has 0 spiro atoms. The fraction of sp³-hybridized carbons (Fsp3) is 0.821. The molecule has 8 bridgehead atoms. The maximum atomic E-state index is 13.6. The molecule has 10 heteroatoms. The minimum absolute atomic E-state index is 0.144. The Balaban J connectivity index is 1.11. The van der Waals surface area contributed by atoms with Crippen molar-refractivity contribution in [2.24, 2.45) is 46.3 Å². The number of halogens is 2. The van der Waals surface area contributed by atoms with E-state index in [0.717, 1.165) is 25.7 Å². The number of rotatable bonds is 8. The molecule has 0 radical (unpaired) electrons. The molecule has 0 aromatic carbocycles. The van der Waals surface area contributed by atoms with E-state index in [4.69, 9.17) is 14.2 Å². The molecule has 8 fully saturated rings. The number of ketones is 2. The van der Waals surface area contributed by atoms with Crippen molar-refractivity contribution >= 4 is 29.5 Å². The van der Waals surface area contributed by atoms with Crippen LogP contribution in [0.3, 0.4) is 0 Å². The molecule has 8 aliphatic carbocycles. The van der Waals surface area contributed by atoms with E-state index < -0.39 is 54.0 Å². The van der Waals surface area contributed by atoms with E-state index in [0.29, 0.717) is 57.3 Å². The molecular weight excluding hydrogens is 502 g/mol. The minimum Gasteiger partial charge on any atom is -0.461 e. The largest absolute Gasteiger partial charge is 0.461 e. The maximum absolute atomic E-state index is 13.6. The van der Waals surface area contributed by atoms with Gasteiger partial charge in [0.2, 0.25) is 0 Å². The number of carbonyl (C=O) groups excluding carboxylic acids is 5. The van der Waals surface area contributed by atoms with Gasteiger partial charge in [0, 0.05) is 30.6 Å². The first-order valence-electron chi connectivity index (χ1n) is 13.9. The molecule has 4 atom stereocenters. The smallest absolute Gasteiger partial charge is 0.377 e. The fourth-order valence-electron chi connectivity index (χ4n) is 9.01. The quantitative estimate of drug-likeness (QED) is 0.343. The average molecular weight is 537 g/mol. The van der Waals surface area contributed by atoms with E-state index in [1.165, 1.54) is 0 Å². The highest BCUT2D eigenvalue weighted by Crippen LogP contribution is 2.60. The highest BCUT2D eigenvalue weighted by atomic mass is 19.3. The van der Waals surface area contributed by atoms with Crippen LogP contribution in [-0.2, 0) is 38.2 Å². The molecule has 208 valence electrons. The molecule has 8 rings (SSSR count). The summed E-state index contributed by atoms with van der Waals surface area (Å²) in [7, 11) is 0. The van der Waals surface area contributed by atoms with Crippen molar-refractivity contribution in [1.82, 2.24) is 0 Å². The number of ether oxygens (including phenoxy) is 3. The van der Waals surface area contributed by atoms with Gasteiger partial charge in [-0.2, -0.15) is 8.78 Å². The van der Waals surface area contributed by atoms with Gasteiger partial charge in [-0.25, -0.2) is 4.79 Å². The van der Waals surface area contributed by atoms with Crippen LogP contribution in [-0.4, -0.2) is 54.7 Å². The summed E-state index contributed by atoms with van der Waals surface area (Å²) in [6.45, 7) is -0.644. The molecule has 4 unspecified atom stereocenters. The van der Waals surface area contributed by atoms with E-state index >= 15 is 0 Å². The van der Waals surface area contributed by atoms with Crippen molar-refractivity contribution in [3.05, 3.63) is 0 Å². The monoisotopic (exact) mass is 536 g/mol. The summed E-state index contributed by atoms with van der Waals surface area (Å²) in [5.74, 6) is -6.15. The first-order valence-corrected chi connectivity index (χ1v) is 13.9. The second-order valence-corrected chi connectivity index (χ2v) is 13.2. The molecule has 0 amide bonds. The fourth-order valence-corrected chi connectivity index (χ4v) is 9.01. The van der Waals surface area contributed by atoms with Gasteiger partial charge in [0.1, 0.15) is 24.8 Å². The number of alkyl halides is 2. The predicted octanol–water partition coefficient (Wildman–Crippen LogP) is 3.43. The number of Topliss-reactive ketones (excluding diaryl/α,β-unsaturated/α-hetero) is 2. The van der Waals surface area contributed by atoms with E-state index in [9.17, 15) is 32.8 Å². The van der Waals surface area contributed by atoms with Crippen LogP contribution in [0, 0.1) is 46.3 Å². The Morgan fingerprint density at radius 2 is 1.13 bits per heavy atom. The van der Waals surface area contributed by atoms with Crippen LogP contribution in [0.5, 0.6) is 0 Å². The lowest BCUT2D eigenvalue weighted by atomic mass is 9.49. The lowest BCUT2D eigenvalue weighted by Crippen LogP contribution is -2.55. The van der Waals surface area contributed by atoms with Crippen molar-refractivity contribution in [3.63, 3.8) is 0 Å². The van der Waals surface area contributed by atoms with Crippen LogP contribution < -0.4 is 0 Å². The van der Waals surface area contributed by atoms with Crippen LogP contribution in [0.4, 0.5) is 8.78 Å². The average Bonchev–Trinajstić information content (AvgIpc) is 2.85. The second-order valence-electron chi connectivity index (χ2n) is 13.2. The third-order valence-corrected chi connectivity index (χ3v) is 10.3. The molecule has 0 aliphatic heterocycles. The molecule has 0 aromatic rings. The number of esters is 3. The van der Waals surface area contributed by atoms with Crippen LogP contribution in [0.1, 0.15) is 71.1 Å². The summed E-state index contributed by atoms with van der Waals surface area (Å²) in [4.78, 5) is 63.3. The van der Waals surface area contributed by atoms with E-state index in [-0.39, 0.29) is 35.2 Å². The zero-order valence-electron chi connectivity index (χ0n) is 21.5. The van der Waals surface area contributed by atoms with Gasteiger partial charge in [-0.1, -0.05) is 0 Å². The van der Waals surface area contributed by atoms with Gasteiger partial charge in [0.25, 0.3) is 0 Å². The molecule has 8 aliphatic rings. The Kier molecular flexibility index (Phi) is 6.00. The second kappa shape index (κ2) is 8.81. The van der Waals surface area contributed by atoms with Gasteiger partial charge >= 0.3 is 23.8 Å². The number of carbonyl (C=O) groups is 5. The molecule has 38 heavy (non-hydrogen) atoms. The number of hydrogen-bond donors (Lipinski definition) is 0. The van der Waals surface area contributed by atoms with Gasteiger partial charge < -0.3 is 14.2 Å². The Labute approximate surface area is 219 Å². The zero-order chi connectivity index (χ0) is 27.0. The Bertz CT molecular complexity index is 973. The van der Waals surface area contributed by atoms with Crippen molar-refractivity contribution in [2.45, 2.75) is 83.2 Å². The molecule has 8 nitrogen and oxygen atoms in total. The Hall–Kier alpha value is -2.39.